The lowest BCUT2D eigenvalue weighted by atomic mass is 9.86. The third-order valence-corrected chi connectivity index (χ3v) is 4.29. The molecular weight excluding hydrogens is 240 g/mol. The number of piperazine rings is 1. The average Bonchev–Trinajstić information content (AvgIpc) is 2.49. The molecule has 0 radical (unpaired) electrons. The first-order chi connectivity index (χ1) is 9.34. The van der Waals surface area contributed by atoms with E-state index in [2.05, 4.69) is 20.2 Å². The summed E-state index contributed by atoms with van der Waals surface area (Å²) in [5.74, 6) is 0.509. The molecule has 3 rings (SSSR count). The summed E-state index contributed by atoms with van der Waals surface area (Å²) in [6, 6.07) is 0. The molecule has 1 saturated carbocycles. The van der Waals surface area contributed by atoms with Gasteiger partial charge in [0.05, 0.1) is 11.9 Å². The highest BCUT2D eigenvalue weighted by Gasteiger charge is 2.23. The number of nitrogens with one attached hydrogen (secondary N) is 2. The number of anilines is 1. The molecule has 19 heavy (non-hydrogen) atoms. The lowest BCUT2D eigenvalue weighted by Gasteiger charge is -2.33. The molecule has 0 aromatic carbocycles. The molecule has 0 atom stereocenters. The summed E-state index contributed by atoms with van der Waals surface area (Å²) >= 11 is 0. The molecule has 0 spiro atoms. The van der Waals surface area contributed by atoms with Crippen molar-refractivity contribution in [1.29, 1.82) is 0 Å². The lowest BCUT2D eigenvalue weighted by molar-refractivity contribution is 0.434. The number of aromatic nitrogens is 2. The van der Waals surface area contributed by atoms with Gasteiger partial charge >= 0.3 is 5.69 Å². The molecule has 1 aliphatic heterocycles. The summed E-state index contributed by atoms with van der Waals surface area (Å²) in [7, 11) is 0. The van der Waals surface area contributed by atoms with Crippen molar-refractivity contribution in [2.45, 2.75) is 38.0 Å². The normalized spacial score (nSPS) is 21.6. The van der Waals surface area contributed by atoms with E-state index >= 15 is 0 Å². The molecule has 2 N–H and O–H groups in total. The lowest BCUT2D eigenvalue weighted by Crippen LogP contribution is -2.44. The number of H-pyrrole nitrogens is 1. The van der Waals surface area contributed by atoms with Crippen molar-refractivity contribution < 1.29 is 0 Å². The first-order valence-corrected chi connectivity index (χ1v) is 7.39. The second kappa shape index (κ2) is 5.74. The van der Waals surface area contributed by atoms with Crippen LogP contribution in [0.15, 0.2) is 11.0 Å². The van der Waals surface area contributed by atoms with Crippen LogP contribution in [0, 0.1) is 0 Å². The Labute approximate surface area is 113 Å². The first-order valence-electron chi connectivity index (χ1n) is 7.39. The zero-order valence-corrected chi connectivity index (χ0v) is 11.3. The molecule has 1 aliphatic carbocycles. The monoisotopic (exact) mass is 262 g/mol. The Kier molecular flexibility index (Phi) is 3.82. The van der Waals surface area contributed by atoms with E-state index in [4.69, 9.17) is 0 Å². The van der Waals surface area contributed by atoms with Crippen molar-refractivity contribution in [3.05, 3.63) is 22.4 Å². The molecule has 2 aliphatic rings. The summed E-state index contributed by atoms with van der Waals surface area (Å²) in [6.07, 6.45) is 8.03. The van der Waals surface area contributed by atoms with E-state index in [9.17, 15) is 4.79 Å². The van der Waals surface area contributed by atoms with E-state index in [0.29, 0.717) is 5.92 Å². The fourth-order valence-corrected chi connectivity index (χ4v) is 3.26. The molecule has 1 saturated heterocycles. The fourth-order valence-electron chi connectivity index (χ4n) is 3.26. The average molecular weight is 262 g/mol. The molecule has 2 heterocycles. The minimum absolute atomic E-state index is 0.209. The quantitative estimate of drug-likeness (QED) is 0.841. The Morgan fingerprint density at radius 1 is 1.16 bits per heavy atom. The van der Waals surface area contributed by atoms with Crippen molar-refractivity contribution in [3.8, 4) is 0 Å². The molecule has 5 nitrogen and oxygen atoms in total. The summed E-state index contributed by atoms with van der Waals surface area (Å²) < 4.78 is 0. The van der Waals surface area contributed by atoms with E-state index < -0.39 is 0 Å². The molecule has 0 bridgehead atoms. The Morgan fingerprint density at radius 2 is 1.89 bits per heavy atom. The number of nitrogens with zero attached hydrogens (tertiary/aromatic N) is 2. The molecule has 0 unspecified atom stereocenters. The van der Waals surface area contributed by atoms with Gasteiger partial charge in [0, 0.05) is 37.8 Å². The number of hydrogen-bond acceptors (Lipinski definition) is 4. The smallest absolute Gasteiger partial charge is 0.345 e. The van der Waals surface area contributed by atoms with Gasteiger partial charge in [0.15, 0.2) is 0 Å². The maximum atomic E-state index is 11.6. The zero-order valence-electron chi connectivity index (χ0n) is 11.3. The van der Waals surface area contributed by atoms with Crippen molar-refractivity contribution in [3.63, 3.8) is 0 Å². The largest absolute Gasteiger partial charge is 0.366 e. The predicted molar refractivity (Wildman–Crippen MR) is 75.8 cm³/mol. The van der Waals surface area contributed by atoms with Gasteiger partial charge in [0.1, 0.15) is 0 Å². The Balaban J connectivity index is 1.91. The van der Waals surface area contributed by atoms with Crippen LogP contribution >= 0.6 is 0 Å². The van der Waals surface area contributed by atoms with Crippen molar-refractivity contribution >= 4 is 5.69 Å². The van der Waals surface area contributed by atoms with E-state index in [1.54, 1.807) is 6.20 Å². The number of hydrogen-bond donors (Lipinski definition) is 2. The van der Waals surface area contributed by atoms with Gasteiger partial charge in [-0.3, -0.25) is 0 Å². The van der Waals surface area contributed by atoms with Crippen LogP contribution in [0.4, 0.5) is 5.69 Å². The van der Waals surface area contributed by atoms with Gasteiger partial charge in [-0.2, -0.15) is 4.98 Å². The molecular formula is C14H22N4O. The Hall–Kier alpha value is -1.36. The molecule has 1 aromatic heterocycles. The van der Waals surface area contributed by atoms with E-state index in [0.717, 1.165) is 37.6 Å². The van der Waals surface area contributed by atoms with Crippen LogP contribution in [0.25, 0.3) is 0 Å². The van der Waals surface area contributed by atoms with E-state index in [1.807, 2.05) is 0 Å². The van der Waals surface area contributed by atoms with Crippen molar-refractivity contribution in [2.75, 3.05) is 31.1 Å². The second-order valence-corrected chi connectivity index (χ2v) is 5.56. The third-order valence-electron chi connectivity index (χ3n) is 4.29. The van der Waals surface area contributed by atoms with Crippen LogP contribution in [0.2, 0.25) is 0 Å². The third kappa shape index (κ3) is 2.81. The van der Waals surface area contributed by atoms with Gasteiger partial charge in [-0.15, -0.1) is 0 Å². The molecule has 104 valence electrons. The maximum absolute atomic E-state index is 11.6. The standard InChI is InChI=1S/C14H22N4O/c19-14-16-10-12(18-8-6-15-7-9-18)13(17-14)11-4-2-1-3-5-11/h10-11,15H,1-9H2,(H,16,17,19). The summed E-state index contributed by atoms with van der Waals surface area (Å²) in [5.41, 5.74) is 2.06. The Bertz CT molecular complexity index is 473. The van der Waals surface area contributed by atoms with E-state index in [1.165, 1.54) is 32.1 Å². The summed E-state index contributed by atoms with van der Waals surface area (Å²) in [6.45, 7) is 3.99. The zero-order chi connectivity index (χ0) is 13.1. The molecule has 5 heteroatoms. The topological polar surface area (TPSA) is 61.0 Å². The SMILES string of the molecule is O=c1ncc(N2CCNCC2)c(C2CCCCC2)[nH]1. The molecule has 0 amide bonds. The van der Waals surface area contributed by atoms with Gasteiger partial charge in [-0.25, -0.2) is 4.79 Å². The van der Waals surface area contributed by atoms with Gasteiger partial charge in [0.25, 0.3) is 0 Å². The van der Waals surface area contributed by atoms with Gasteiger partial charge < -0.3 is 15.2 Å². The number of aromatic amines is 1. The first kappa shape index (κ1) is 12.7. The minimum Gasteiger partial charge on any atom is -0.366 e. The van der Waals surface area contributed by atoms with Crippen LogP contribution in [0.5, 0.6) is 0 Å². The Morgan fingerprint density at radius 3 is 2.63 bits per heavy atom. The van der Waals surface area contributed by atoms with Crippen LogP contribution in [0.1, 0.15) is 43.7 Å². The summed E-state index contributed by atoms with van der Waals surface area (Å²) in [4.78, 5) is 20.9. The second-order valence-electron chi connectivity index (χ2n) is 5.56. The molecule has 1 aromatic rings. The van der Waals surface area contributed by atoms with Crippen LogP contribution in [-0.4, -0.2) is 36.1 Å². The van der Waals surface area contributed by atoms with Gasteiger partial charge in [0.2, 0.25) is 0 Å². The van der Waals surface area contributed by atoms with Crippen molar-refractivity contribution in [2.24, 2.45) is 0 Å². The highest BCUT2D eigenvalue weighted by Crippen LogP contribution is 2.35. The maximum Gasteiger partial charge on any atom is 0.345 e. The molecule has 2 fully saturated rings. The predicted octanol–water partition coefficient (Wildman–Crippen LogP) is 1.23. The van der Waals surface area contributed by atoms with Gasteiger partial charge in [-0.05, 0) is 12.8 Å². The van der Waals surface area contributed by atoms with Crippen molar-refractivity contribution in [1.82, 2.24) is 15.3 Å². The van der Waals surface area contributed by atoms with Crippen LogP contribution < -0.4 is 15.9 Å². The minimum atomic E-state index is -0.209. The van der Waals surface area contributed by atoms with Crippen LogP contribution in [-0.2, 0) is 0 Å². The highest BCUT2D eigenvalue weighted by atomic mass is 16.1. The summed E-state index contributed by atoms with van der Waals surface area (Å²) in [5, 5.41) is 3.36. The van der Waals surface area contributed by atoms with Crippen LogP contribution in [0.3, 0.4) is 0 Å². The highest BCUT2D eigenvalue weighted by molar-refractivity contribution is 5.50. The number of rotatable bonds is 2. The van der Waals surface area contributed by atoms with E-state index in [-0.39, 0.29) is 5.69 Å². The fraction of sp³-hybridized carbons (Fsp3) is 0.714. The van der Waals surface area contributed by atoms with Gasteiger partial charge in [-0.1, -0.05) is 19.3 Å².